The van der Waals surface area contributed by atoms with Gasteiger partial charge in [-0.2, -0.15) is 5.10 Å². The van der Waals surface area contributed by atoms with Gasteiger partial charge in [-0.1, -0.05) is 12.8 Å². The molecule has 20 heavy (non-hydrogen) atoms. The number of piperidine rings is 1. The fourth-order valence-electron chi connectivity index (χ4n) is 3.38. The van der Waals surface area contributed by atoms with E-state index in [0.29, 0.717) is 19.5 Å². The zero-order valence-corrected chi connectivity index (χ0v) is 11.3. The minimum Gasteiger partial charge on any atom is -0.389 e. The summed E-state index contributed by atoms with van der Waals surface area (Å²) in [5, 5.41) is 16.7. The Kier molecular flexibility index (Phi) is 3.33. The first-order valence-electron chi connectivity index (χ1n) is 7.16. The molecule has 1 saturated carbocycles. The highest BCUT2D eigenvalue weighted by atomic mass is 16.3. The molecule has 0 bridgehead atoms. The summed E-state index contributed by atoms with van der Waals surface area (Å²) >= 11 is 0. The van der Waals surface area contributed by atoms with Crippen molar-refractivity contribution in [3.63, 3.8) is 0 Å². The highest BCUT2D eigenvalue weighted by molar-refractivity contribution is 5.92. The summed E-state index contributed by atoms with van der Waals surface area (Å²) in [7, 11) is 0. The molecule has 108 valence electrons. The molecule has 0 spiro atoms. The number of aromatic nitrogens is 2. The van der Waals surface area contributed by atoms with Gasteiger partial charge in [0, 0.05) is 25.1 Å². The molecule has 1 aliphatic carbocycles. The summed E-state index contributed by atoms with van der Waals surface area (Å²) in [5.41, 5.74) is -0.652. The molecular weight excluding hydrogens is 258 g/mol. The number of carbonyl (C=O) groups is 1. The van der Waals surface area contributed by atoms with Crippen LogP contribution in [0.4, 0.5) is 0 Å². The summed E-state index contributed by atoms with van der Waals surface area (Å²) < 4.78 is 0. The summed E-state index contributed by atoms with van der Waals surface area (Å²) in [5.74, 6) is -0.00872. The third-order valence-corrected chi connectivity index (χ3v) is 4.61. The van der Waals surface area contributed by atoms with Crippen molar-refractivity contribution in [3.8, 4) is 0 Å². The first-order chi connectivity index (χ1) is 9.58. The largest absolute Gasteiger partial charge is 0.389 e. The first-order valence-corrected chi connectivity index (χ1v) is 7.16. The number of hydrogen-bond donors (Lipinski definition) is 2. The number of nitrogens with zero attached hydrogens (tertiary/aromatic N) is 2. The van der Waals surface area contributed by atoms with E-state index in [0.717, 1.165) is 25.7 Å². The molecule has 0 radical (unpaired) electrons. The molecule has 1 aromatic heterocycles. The summed E-state index contributed by atoms with van der Waals surface area (Å²) in [6.45, 7) is 1.13. The van der Waals surface area contributed by atoms with Gasteiger partial charge < -0.3 is 10.0 Å². The lowest BCUT2D eigenvalue weighted by Gasteiger charge is -2.47. The lowest BCUT2D eigenvalue weighted by Crippen LogP contribution is -2.54. The highest BCUT2D eigenvalue weighted by Crippen LogP contribution is 2.39. The minimum atomic E-state index is -0.590. The fourth-order valence-corrected chi connectivity index (χ4v) is 3.38. The third-order valence-electron chi connectivity index (χ3n) is 4.61. The number of aromatic amines is 1. The molecule has 1 amide bonds. The lowest BCUT2D eigenvalue weighted by atomic mass is 9.71. The van der Waals surface area contributed by atoms with Crippen LogP contribution in [0, 0.1) is 5.92 Å². The smallest absolute Gasteiger partial charge is 0.274 e. The van der Waals surface area contributed by atoms with Gasteiger partial charge >= 0.3 is 0 Å². The van der Waals surface area contributed by atoms with Crippen molar-refractivity contribution in [2.45, 2.75) is 37.7 Å². The van der Waals surface area contributed by atoms with E-state index >= 15 is 0 Å². The summed E-state index contributed by atoms with van der Waals surface area (Å²) in [6, 6.07) is 2.75. The Hall–Kier alpha value is -1.69. The maximum atomic E-state index is 12.3. The van der Waals surface area contributed by atoms with Gasteiger partial charge in [-0.15, -0.1) is 0 Å². The van der Waals surface area contributed by atoms with E-state index < -0.39 is 5.60 Å². The van der Waals surface area contributed by atoms with Crippen LogP contribution in [0.2, 0.25) is 0 Å². The number of hydrogen-bond acceptors (Lipinski definition) is 4. The second-order valence-electron chi connectivity index (χ2n) is 5.85. The normalized spacial score (nSPS) is 29.9. The van der Waals surface area contributed by atoms with E-state index in [1.165, 1.54) is 12.1 Å². The number of fused-ring (bicyclic) bond motifs is 1. The highest BCUT2D eigenvalue weighted by Gasteiger charge is 2.43. The van der Waals surface area contributed by atoms with Gasteiger partial charge in [0.1, 0.15) is 5.69 Å². The molecule has 1 saturated heterocycles. The van der Waals surface area contributed by atoms with Crippen LogP contribution in [0.3, 0.4) is 0 Å². The van der Waals surface area contributed by atoms with Crippen LogP contribution in [0.25, 0.3) is 0 Å². The second-order valence-corrected chi connectivity index (χ2v) is 5.85. The number of amides is 1. The maximum absolute atomic E-state index is 12.3. The van der Waals surface area contributed by atoms with Crippen LogP contribution in [0.15, 0.2) is 16.9 Å². The first kappa shape index (κ1) is 13.3. The van der Waals surface area contributed by atoms with Crippen molar-refractivity contribution in [1.29, 1.82) is 0 Å². The predicted octanol–water partition coefficient (Wildman–Crippen LogP) is 0.537. The number of rotatable bonds is 1. The van der Waals surface area contributed by atoms with Crippen molar-refractivity contribution in [1.82, 2.24) is 15.1 Å². The van der Waals surface area contributed by atoms with Gasteiger partial charge in [0.05, 0.1) is 5.60 Å². The van der Waals surface area contributed by atoms with E-state index in [4.69, 9.17) is 0 Å². The Morgan fingerprint density at radius 3 is 3.00 bits per heavy atom. The fraction of sp³-hybridized carbons (Fsp3) is 0.643. The molecule has 6 nitrogen and oxygen atoms in total. The van der Waals surface area contributed by atoms with E-state index in [-0.39, 0.29) is 23.1 Å². The molecular formula is C14H19N3O3. The van der Waals surface area contributed by atoms with Crippen LogP contribution in [-0.2, 0) is 0 Å². The van der Waals surface area contributed by atoms with Crippen molar-refractivity contribution < 1.29 is 9.90 Å². The van der Waals surface area contributed by atoms with Gasteiger partial charge in [-0.05, 0) is 25.3 Å². The molecule has 3 rings (SSSR count). The maximum Gasteiger partial charge on any atom is 0.274 e. The molecule has 2 aliphatic rings. The average Bonchev–Trinajstić information content (AvgIpc) is 2.46. The average molecular weight is 277 g/mol. The summed E-state index contributed by atoms with van der Waals surface area (Å²) in [6.07, 6.45) is 4.64. The Balaban J connectivity index is 1.74. The van der Waals surface area contributed by atoms with Crippen molar-refractivity contribution in [2.75, 3.05) is 13.1 Å². The zero-order valence-electron chi connectivity index (χ0n) is 11.3. The van der Waals surface area contributed by atoms with Crippen molar-refractivity contribution in [3.05, 3.63) is 28.2 Å². The van der Waals surface area contributed by atoms with E-state index in [1.54, 1.807) is 4.90 Å². The number of carbonyl (C=O) groups excluding carboxylic acids is 1. The van der Waals surface area contributed by atoms with Crippen LogP contribution in [0.1, 0.15) is 42.6 Å². The Morgan fingerprint density at radius 1 is 1.40 bits per heavy atom. The standard InChI is InChI=1S/C14H19N3O3/c18-12-5-4-11(15-16-12)13(19)17-8-7-14(20)6-2-1-3-10(14)9-17/h4-5,10,20H,1-3,6-9H2,(H,16,18). The van der Waals surface area contributed by atoms with Gasteiger partial charge in [-0.25, -0.2) is 5.10 Å². The Bertz CT molecular complexity index is 551. The van der Waals surface area contributed by atoms with Crippen LogP contribution >= 0.6 is 0 Å². The van der Waals surface area contributed by atoms with Crippen molar-refractivity contribution >= 4 is 5.91 Å². The Labute approximate surface area is 116 Å². The lowest BCUT2D eigenvalue weighted by molar-refractivity contribution is -0.0886. The predicted molar refractivity (Wildman–Crippen MR) is 72.3 cm³/mol. The quantitative estimate of drug-likeness (QED) is 0.784. The van der Waals surface area contributed by atoms with E-state index in [1.807, 2.05) is 0 Å². The molecule has 1 aliphatic heterocycles. The molecule has 0 aromatic carbocycles. The summed E-state index contributed by atoms with van der Waals surface area (Å²) in [4.78, 5) is 25.1. The zero-order chi connectivity index (χ0) is 14.2. The molecule has 2 N–H and O–H groups in total. The molecule has 2 unspecified atom stereocenters. The minimum absolute atomic E-state index is 0.164. The molecule has 2 atom stereocenters. The van der Waals surface area contributed by atoms with Gasteiger partial charge in [0.15, 0.2) is 0 Å². The third kappa shape index (κ3) is 2.35. The monoisotopic (exact) mass is 277 g/mol. The van der Waals surface area contributed by atoms with E-state index in [2.05, 4.69) is 10.2 Å². The number of H-pyrrole nitrogens is 1. The number of likely N-dealkylation sites (tertiary alicyclic amines) is 1. The SMILES string of the molecule is O=C(c1ccc(=O)[nH]n1)N1CCC2(O)CCCCC2C1. The molecule has 2 heterocycles. The van der Waals surface area contributed by atoms with E-state index in [9.17, 15) is 14.7 Å². The topological polar surface area (TPSA) is 86.3 Å². The van der Waals surface area contributed by atoms with Crippen LogP contribution < -0.4 is 5.56 Å². The second kappa shape index (κ2) is 5.01. The number of nitrogens with one attached hydrogen (secondary N) is 1. The number of aliphatic hydroxyl groups is 1. The van der Waals surface area contributed by atoms with Crippen molar-refractivity contribution in [2.24, 2.45) is 5.92 Å². The van der Waals surface area contributed by atoms with Gasteiger partial charge in [0.2, 0.25) is 0 Å². The molecule has 1 aromatic rings. The van der Waals surface area contributed by atoms with Crippen LogP contribution in [-0.4, -0.2) is 44.8 Å². The Morgan fingerprint density at radius 2 is 2.25 bits per heavy atom. The molecule has 6 heteroatoms. The molecule has 2 fully saturated rings. The van der Waals surface area contributed by atoms with Gasteiger partial charge in [-0.3, -0.25) is 9.59 Å². The van der Waals surface area contributed by atoms with Crippen LogP contribution in [0.5, 0.6) is 0 Å². The van der Waals surface area contributed by atoms with Gasteiger partial charge in [0.25, 0.3) is 11.5 Å².